The van der Waals surface area contributed by atoms with Gasteiger partial charge in [-0.15, -0.1) is 12.6 Å². The number of H-pyrrole nitrogens is 1. The van der Waals surface area contributed by atoms with Crippen LogP contribution in [-0.2, 0) is 10.0 Å². The van der Waals surface area contributed by atoms with Gasteiger partial charge in [-0.2, -0.15) is 13.5 Å². The first-order valence-electron chi connectivity index (χ1n) is 10.7. The fraction of sp³-hybridized carbons (Fsp3) is 0.273. The van der Waals surface area contributed by atoms with E-state index in [0.29, 0.717) is 45.7 Å². The van der Waals surface area contributed by atoms with E-state index in [2.05, 4.69) is 47.7 Å². The lowest BCUT2D eigenvalue weighted by Crippen LogP contribution is -2.21. The number of hydrogen-bond acceptors (Lipinski definition) is 10. The molecule has 184 valence electrons. The highest BCUT2D eigenvalue weighted by Crippen LogP contribution is 2.30. The van der Waals surface area contributed by atoms with Crippen LogP contribution >= 0.6 is 12.6 Å². The summed E-state index contributed by atoms with van der Waals surface area (Å²) in [7, 11) is 1.51. The molecule has 0 aliphatic heterocycles. The number of rotatable bonds is 9. The van der Waals surface area contributed by atoms with Crippen molar-refractivity contribution >= 4 is 45.2 Å². The number of aromatic nitrogens is 5. The fourth-order valence-electron chi connectivity index (χ4n) is 3.34. The molecule has 0 fully saturated rings. The maximum absolute atomic E-state index is 12.8. The summed E-state index contributed by atoms with van der Waals surface area (Å²) in [5.74, 6) is 1.50. The number of nitrogens with zero attached hydrogens (tertiary/aromatic N) is 5. The van der Waals surface area contributed by atoms with E-state index in [0.717, 1.165) is 17.6 Å². The van der Waals surface area contributed by atoms with Crippen molar-refractivity contribution in [1.82, 2.24) is 30.0 Å². The van der Waals surface area contributed by atoms with Gasteiger partial charge in [-0.3, -0.25) is 9.82 Å². The summed E-state index contributed by atoms with van der Waals surface area (Å²) in [5.41, 5.74) is 2.36. The summed E-state index contributed by atoms with van der Waals surface area (Å²) in [6.45, 7) is 3.44. The van der Waals surface area contributed by atoms with Crippen molar-refractivity contribution in [3.05, 3.63) is 42.2 Å². The van der Waals surface area contributed by atoms with Gasteiger partial charge in [0.05, 0.1) is 18.2 Å². The molecule has 13 heteroatoms. The lowest BCUT2D eigenvalue weighted by atomic mass is 10.2. The Morgan fingerprint density at radius 2 is 1.97 bits per heavy atom. The molecule has 0 saturated carbocycles. The second kappa shape index (κ2) is 10.1. The zero-order valence-corrected chi connectivity index (χ0v) is 21.4. The lowest BCUT2D eigenvalue weighted by molar-refractivity contribution is 0.412. The molecule has 3 heterocycles. The van der Waals surface area contributed by atoms with E-state index in [1.54, 1.807) is 24.3 Å². The summed E-state index contributed by atoms with van der Waals surface area (Å²) in [5, 5.41) is 11.3. The van der Waals surface area contributed by atoms with E-state index in [9.17, 15) is 8.42 Å². The molecule has 0 radical (unpaired) electrons. The summed E-state index contributed by atoms with van der Waals surface area (Å²) in [4.78, 5) is 15.7. The molecule has 0 aliphatic rings. The van der Waals surface area contributed by atoms with Gasteiger partial charge in [0.15, 0.2) is 16.5 Å². The Bertz CT molecular complexity index is 1470. The number of ether oxygens (including phenoxy) is 1. The van der Waals surface area contributed by atoms with Crippen LogP contribution in [0.3, 0.4) is 0 Å². The molecule has 0 saturated heterocycles. The van der Waals surface area contributed by atoms with Crippen LogP contribution in [0.15, 0.2) is 46.5 Å². The van der Waals surface area contributed by atoms with E-state index < -0.39 is 10.0 Å². The van der Waals surface area contributed by atoms with Gasteiger partial charge < -0.3 is 15.0 Å². The van der Waals surface area contributed by atoms with Gasteiger partial charge in [-0.1, -0.05) is 0 Å². The first-order valence-corrected chi connectivity index (χ1v) is 12.6. The number of aromatic amines is 1. The number of nitrogens with one attached hydrogen (secondary N) is 3. The largest absolute Gasteiger partial charge is 0.497 e. The highest BCUT2D eigenvalue weighted by molar-refractivity contribution is 7.92. The van der Waals surface area contributed by atoms with Crippen LogP contribution in [0, 0.1) is 6.92 Å². The average molecular weight is 515 g/mol. The number of benzene rings is 1. The molecule has 0 aliphatic carbocycles. The van der Waals surface area contributed by atoms with Crippen LogP contribution in [0.25, 0.3) is 22.4 Å². The zero-order valence-electron chi connectivity index (χ0n) is 19.7. The number of anilines is 2. The standard InChI is InChI=1S/C22H26N8O3S2/c1-13-19-21(24-9-10-30(2)3)25-20(26-22(19)28-27-13)14-5-6-16(17(34)11-14)29-35(31,32)18-12-15(33-4)7-8-23-18/h5-8,11-12,29,34H,9-10H2,1-4H3,(H2,24,25,26,27,28). The molecule has 0 spiro atoms. The molecule has 3 N–H and O–H groups in total. The molecular weight excluding hydrogens is 488 g/mol. The molecule has 4 rings (SSSR count). The lowest BCUT2D eigenvalue weighted by Gasteiger charge is -2.13. The molecule has 0 bridgehead atoms. The Labute approximate surface area is 208 Å². The first-order chi connectivity index (χ1) is 16.7. The van der Waals surface area contributed by atoms with Crippen molar-refractivity contribution in [2.45, 2.75) is 16.8 Å². The van der Waals surface area contributed by atoms with Crippen LogP contribution in [0.5, 0.6) is 5.75 Å². The smallest absolute Gasteiger partial charge is 0.279 e. The molecule has 0 amide bonds. The van der Waals surface area contributed by atoms with Crippen LogP contribution < -0.4 is 14.8 Å². The van der Waals surface area contributed by atoms with Crippen molar-refractivity contribution in [2.75, 3.05) is 44.3 Å². The summed E-state index contributed by atoms with van der Waals surface area (Å²) in [6, 6.07) is 7.94. The molecule has 0 unspecified atom stereocenters. The van der Waals surface area contributed by atoms with Crippen molar-refractivity contribution < 1.29 is 13.2 Å². The summed E-state index contributed by atoms with van der Waals surface area (Å²) < 4.78 is 33.2. The number of methoxy groups -OCH3 is 1. The molecule has 1 aromatic carbocycles. The number of thiol groups is 1. The van der Waals surface area contributed by atoms with E-state index in [-0.39, 0.29) is 5.03 Å². The quantitative estimate of drug-likeness (QED) is 0.248. The minimum absolute atomic E-state index is 0.162. The predicted octanol–water partition coefficient (Wildman–Crippen LogP) is 2.79. The van der Waals surface area contributed by atoms with Crippen LogP contribution in [0.1, 0.15) is 5.69 Å². The number of hydrogen-bond donors (Lipinski definition) is 4. The third-order valence-electron chi connectivity index (χ3n) is 5.16. The Morgan fingerprint density at radius 3 is 2.69 bits per heavy atom. The fourth-order valence-corrected chi connectivity index (χ4v) is 4.73. The summed E-state index contributed by atoms with van der Waals surface area (Å²) >= 11 is 4.49. The first kappa shape index (κ1) is 24.7. The number of pyridine rings is 1. The van der Waals surface area contributed by atoms with Crippen molar-refractivity contribution in [3.8, 4) is 17.1 Å². The van der Waals surface area contributed by atoms with E-state index >= 15 is 0 Å². The number of fused-ring (bicyclic) bond motifs is 1. The topological polar surface area (TPSA) is 138 Å². The van der Waals surface area contributed by atoms with Gasteiger partial charge in [0, 0.05) is 41.5 Å². The van der Waals surface area contributed by atoms with Crippen molar-refractivity contribution in [2.24, 2.45) is 0 Å². The van der Waals surface area contributed by atoms with Crippen molar-refractivity contribution in [3.63, 3.8) is 0 Å². The molecule has 4 aromatic rings. The van der Waals surface area contributed by atoms with E-state index in [4.69, 9.17) is 9.72 Å². The van der Waals surface area contributed by atoms with Gasteiger partial charge >= 0.3 is 0 Å². The monoisotopic (exact) mass is 514 g/mol. The molecule has 0 atom stereocenters. The Balaban J connectivity index is 1.64. The normalized spacial score (nSPS) is 11.7. The summed E-state index contributed by atoms with van der Waals surface area (Å²) in [6.07, 6.45) is 1.37. The number of aryl methyl sites for hydroxylation is 1. The minimum Gasteiger partial charge on any atom is -0.497 e. The third-order valence-corrected chi connectivity index (χ3v) is 6.80. The Hall–Kier alpha value is -3.42. The van der Waals surface area contributed by atoms with E-state index in [1.807, 2.05) is 21.0 Å². The SMILES string of the molecule is COc1ccnc(S(=O)(=O)Nc2ccc(-c3nc(NCCN(C)C)c4c(C)[nH]nc4n3)cc2S)c1. The maximum atomic E-state index is 12.8. The Kier molecular flexibility index (Phi) is 7.10. The molecule has 35 heavy (non-hydrogen) atoms. The molecule has 3 aromatic heterocycles. The third kappa shape index (κ3) is 5.47. The number of likely N-dealkylation sites (N-methyl/N-ethyl adjacent to an activating group) is 1. The van der Waals surface area contributed by atoms with Gasteiger partial charge in [0.1, 0.15) is 11.6 Å². The van der Waals surface area contributed by atoms with Gasteiger partial charge in [0.2, 0.25) is 0 Å². The predicted molar refractivity (Wildman–Crippen MR) is 138 cm³/mol. The zero-order chi connectivity index (χ0) is 25.2. The van der Waals surface area contributed by atoms with Gasteiger partial charge in [-0.25, -0.2) is 15.0 Å². The van der Waals surface area contributed by atoms with Crippen LogP contribution in [0.2, 0.25) is 0 Å². The highest BCUT2D eigenvalue weighted by Gasteiger charge is 2.19. The highest BCUT2D eigenvalue weighted by atomic mass is 32.2. The second-order valence-corrected chi connectivity index (χ2v) is 10.2. The molecule has 11 nitrogen and oxygen atoms in total. The van der Waals surface area contributed by atoms with Crippen LogP contribution in [0.4, 0.5) is 11.5 Å². The second-order valence-electron chi connectivity index (χ2n) is 8.04. The van der Waals surface area contributed by atoms with E-state index in [1.165, 1.54) is 19.4 Å². The maximum Gasteiger partial charge on any atom is 0.279 e. The number of sulfonamides is 1. The van der Waals surface area contributed by atoms with Gasteiger partial charge in [-0.05, 0) is 45.3 Å². The molecular formula is C22H26N8O3S2. The van der Waals surface area contributed by atoms with Crippen LogP contribution in [-0.4, -0.2) is 72.8 Å². The Morgan fingerprint density at radius 1 is 1.17 bits per heavy atom. The average Bonchev–Trinajstić information content (AvgIpc) is 3.21. The minimum atomic E-state index is -3.95. The van der Waals surface area contributed by atoms with Gasteiger partial charge in [0.25, 0.3) is 10.0 Å². The van der Waals surface area contributed by atoms with Crippen molar-refractivity contribution in [1.29, 1.82) is 0 Å².